The lowest BCUT2D eigenvalue weighted by molar-refractivity contribution is -0.461. The van der Waals surface area contributed by atoms with Crippen LogP contribution in [0.25, 0.3) is 0 Å². The van der Waals surface area contributed by atoms with Gasteiger partial charge in [-0.1, -0.05) is 12.1 Å². The van der Waals surface area contributed by atoms with Crippen LogP contribution in [0.1, 0.15) is 12.0 Å². The van der Waals surface area contributed by atoms with E-state index in [1.807, 2.05) is 0 Å². The summed E-state index contributed by atoms with van der Waals surface area (Å²) in [6.07, 6.45) is -11.6. The van der Waals surface area contributed by atoms with Gasteiger partial charge >= 0.3 is 47.6 Å². The second-order valence-corrected chi connectivity index (χ2v) is 7.00. The second kappa shape index (κ2) is 8.74. The van der Waals surface area contributed by atoms with Gasteiger partial charge in [0.15, 0.2) is 0 Å². The lowest BCUT2D eigenvalue weighted by Crippen LogP contribution is -2.74. The van der Waals surface area contributed by atoms with E-state index in [2.05, 4.69) is 4.74 Å². The van der Waals surface area contributed by atoms with Crippen LogP contribution in [0.5, 0.6) is 5.75 Å². The summed E-state index contributed by atoms with van der Waals surface area (Å²) in [4.78, 5) is 0. The summed E-state index contributed by atoms with van der Waals surface area (Å²) in [7, 11) is 1.13. The average Bonchev–Trinajstić information content (AvgIpc) is 2.70. The van der Waals surface area contributed by atoms with Crippen LogP contribution in [0.3, 0.4) is 0 Å². The van der Waals surface area contributed by atoms with Crippen LogP contribution in [0, 0.1) is 0 Å². The fourth-order valence-corrected chi connectivity index (χ4v) is 2.45. The molecule has 0 fully saturated rings. The van der Waals surface area contributed by atoms with Crippen LogP contribution in [-0.4, -0.2) is 54.7 Å². The minimum Gasteiger partial charge on any atom is -0.497 e. The van der Waals surface area contributed by atoms with Crippen LogP contribution in [0.2, 0.25) is 0 Å². The first kappa shape index (κ1) is 30.9. The van der Waals surface area contributed by atoms with Gasteiger partial charge in [0.05, 0.1) is 7.11 Å². The zero-order chi connectivity index (χ0) is 28.1. The highest BCUT2D eigenvalue weighted by Crippen LogP contribution is 2.64. The summed E-state index contributed by atoms with van der Waals surface area (Å²) < 4.78 is 229. The van der Waals surface area contributed by atoms with Crippen LogP contribution in [-0.2, 0) is 6.42 Å². The Labute approximate surface area is 183 Å². The van der Waals surface area contributed by atoms with Gasteiger partial charge < -0.3 is 4.74 Å². The van der Waals surface area contributed by atoms with E-state index in [0.717, 1.165) is 31.4 Å². The van der Waals surface area contributed by atoms with Gasteiger partial charge in [0.25, 0.3) is 0 Å². The maximum Gasteiger partial charge on any atom is 0.460 e. The maximum absolute atomic E-state index is 13.8. The summed E-state index contributed by atoms with van der Waals surface area (Å²) in [5, 5.41) is 0. The molecule has 35 heavy (non-hydrogen) atoms. The first-order valence-electron chi connectivity index (χ1n) is 8.60. The smallest absolute Gasteiger partial charge is 0.460 e. The summed E-state index contributed by atoms with van der Waals surface area (Å²) >= 11 is 0. The molecule has 18 heteroatoms. The number of aryl methyl sites for hydroxylation is 1. The Kier molecular flexibility index (Phi) is 7.71. The number of rotatable bonds is 10. The summed E-state index contributed by atoms with van der Waals surface area (Å²) in [5.74, 6) is -56.0. The Morgan fingerprint density at radius 2 is 0.857 bits per heavy atom. The molecular formula is C17H11F17O. The average molecular weight is 554 g/mol. The molecule has 204 valence electrons. The normalized spacial score (nSPS) is 15.4. The molecule has 1 nitrogen and oxygen atoms in total. The molecule has 0 atom stereocenters. The quantitative estimate of drug-likeness (QED) is 0.270. The van der Waals surface area contributed by atoms with Crippen molar-refractivity contribution in [3.05, 3.63) is 29.8 Å². The standard InChI is InChI=1S/C17H11F17O/c1-35-9-4-2-8(3-5-9)6-7-10(18,19)11(20,21)12(22,23)13(24,25)14(26,27)15(28,29)16(30,31)17(32,33)34/h2-5H,6-7H2,1H3. The molecule has 0 aliphatic rings. The van der Waals surface area contributed by atoms with Crippen molar-refractivity contribution in [1.82, 2.24) is 0 Å². The Morgan fingerprint density at radius 3 is 1.20 bits per heavy atom. The summed E-state index contributed by atoms with van der Waals surface area (Å²) in [5.41, 5.74) is -0.349. The molecule has 0 heterocycles. The van der Waals surface area contributed by atoms with Gasteiger partial charge in [0.2, 0.25) is 0 Å². The third-order valence-corrected chi connectivity index (χ3v) is 4.67. The predicted molar refractivity (Wildman–Crippen MR) is 82.0 cm³/mol. The van der Waals surface area contributed by atoms with Gasteiger partial charge in [-0.05, 0) is 24.1 Å². The molecule has 0 aromatic heterocycles. The summed E-state index contributed by atoms with van der Waals surface area (Å²) in [6.45, 7) is 0. The topological polar surface area (TPSA) is 9.23 Å². The van der Waals surface area contributed by atoms with Crippen molar-refractivity contribution in [2.24, 2.45) is 0 Å². The number of hydrogen-bond acceptors (Lipinski definition) is 1. The first-order chi connectivity index (χ1) is 15.3. The highest BCUT2D eigenvalue weighted by atomic mass is 19.4. The molecule has 1 aromatic carbocycles. The third-order valence-electron chi connectivity index (χ3n) is 4.67. The molecule has 0 bridgehead atoms. The molecule has 0 spiro atoms. The van der Waals surface area contributed by atoms with Crippen LogP contribution < -0.4 is 4.74 Å². The molecule has 0 aliphatic heterocycles. The molecule has 0 N–H and O–H groups in total. The third kappa shape index (κ3) is 4.56. The van der Waals surface area contributed by atoms with Gasteiger partial charge in [0.1, 0.15) is 5.75 Å². The molecular weight excluding hydrogens is 543 g/mol. The number of halogens is 17. The SMILES string of the molecule is COc1ccc(CCC(F)(F)C(F)(F)C(F)(F)C(F)(F)C(F)(F)C(F)(F)C(F)(F)C(F)(F)F)cc1. The zero-order valence-electron chi connectivity index (χ0n) is 16.6. The molecule has 0 aliphatic carbocycles. The van der Waals surface area contributed by atoms with Crippen molar-refractivity contribution in [2.45, 2.75) is 60.5 Å². The largest absolute Gasteiger partial charge is 0.497 e. The maximum atomic E-state index is 13.8. The number of hydrogen-bond donors (Lipinski definition) is 0. The Balaban J connectivity index is 3.42. The number of benzene rings is 1. The fourth-order valence-electron chi connectivity index (χ4n) is 2.45. The van der Waals surface area contributed by atoms with E-state index in [1.54, 1.807) is 0 Å². The zero-order valence-corrected chi connectivity index (χ0v) is 16.6. The van der Waals surface area contributed by atoms with Crippen LogP contribution in [0.15, 0.2) is 24.3 Å². The minimum absolute atomic E-state index is 0.0795. The van der Waals surface area contributed by atoms with Crippen molar-refractivity contribution < 1.29 is 79.4 Å². The van der Waals surface area contributed by atoms with E-state index < -0.39 is 60.5 Å². The van der Waals surface area contributed by atoms with Crippen LogP contribution >= 0.6 is 0 Å². The van der Waals surface area contributed by atoms with E-state index in [0.29, 0.717) is 0 Å². The predicted octanol–water partition coefficient (Wildman–Crippen LogP) is 7.64. The van der Waals surface area contributed by atoms with Gasteiger partial charge in [-0.15, -0.1) is 0 Å². The van der Waals surface area contributed by atoms with Crippen molar-refractivity contribution >= 4 is 0 Å². The number of methoxy groups -OCH3 is 1. The van der Waals surface area contributed by atoms with E-state index in [-0.39, 0.29) is 11.3 Å². The molecule has 0 radical (unpaired) electrons. The molecule has 0 saturated heterocycles. The molecule has 1 rings (SSSR count). The Bertz CT molecular complexity index is 870. The van der Waals surface area contributed by atoms with Gasteiger partial charge in [-0.25, -0.2) is 0 Å². The lowest BCUT2D eigenvalue weighted by Gasteiger charge is -2.42. The van der Waals surface area contributed by atoms with Crippen molar-refractivity contribution in [1.29, 1.82) is 0 Å². The van der Waals surface area contributed by atoms with E-state index in [4.69, 9.17) is 0 Å². The van der Waals surface area contributed by atoms with Gasteiger partial charge in [0, 0.05) is 6.42 Å². The van der Waals surface area contributed by atoms with Crippen molar-refractivity contribution in [2.75, 3.05) is 7.11 Å². The van der Waals surface area contributed by atoms with E-state index >= 15 is 0 Å². The molecule has 0 saturated carbocycles. The number of alkyl halides is 17. The first-order valence-corrected chi connectivity index (χ1v) is 8.60. The summed E-state index contributed by atoms with van der Waals surface area (Å²) in [6, 6.07) is 3.87. The Hall–Kier alpha value is -2.17. The van der Waals surface area contributed by atoms with E-state index in [1.165, 1.54) is 0 Å². The lowest BCUT2D eigenvalue weighted by atomic mass is 9.87. The molecule has 0 unspecified atom stereocenters. The second-order valence-electron chi connectivity index (χ2n) is 7.00. The monoisotopic (exact) mass is 554 g/mol. The van der Waals surface area contributed by atoms with E-state index in [9.17, 15) is 74.6 Å². The van der Waals surface area contributed by atoms with Crippen molar-refractivity contribution in [3.8, 4) is 5.75 Å². The van der Waals surface area contributed by atoms with Crippen LogP contribution in [0.4, 0.5) is 74.6 Å². The van der Waals surface area contributed by atoms with Gasteiger partial charge in [-0.3, -0.25) is 0 Å². The fraction of sp³-hybridized carbons (Fsp3) is 0.647. The molecule has 0 amide bonds. The minimum atomic E-state index is -8.61. The highest BCUT2D eigenvalue weighted by molar-refractivity contribution is 5.27. The van der Waals surface area contributed by atoms with Crippen molar-refractivity contribution in [3.63, 3.8) is 0 Å². The number of ether oxygens (including phenoxy) is 1. The van der Waals surface area contributed by atoms with Gasteiger partial charge in [-0.2, -0.15) is 74.6 Å². The highest BCUT2D eigenvalue weighted by Gasteiger charge is 2.95. The Morgan fingerprint density at radius 1 is 0.514 bits per heavy atom. The molecule has 1 aromatic rings.